The molecule has 0 amide bonds. The Bertz CT molecular complexity index is 1400. The van der Waals surface area contributed by atoms with Gasteiger partial charge in [0.15, 0.2) is 5.82 Å². The van der Waals surface area contributed by atoms with Crippen molar-refractivity contribution in [3.05, 3.63) is 53.7 Å². The Labute approximate surface area is 254 Å². The molecule has 248 valence electrons. The van der Waals surface area contributed by atoms with Gasteiger partial charge < -0.3 is 19.7 Å². The second-order valence-corrected chi connectivity index (χ2v) is 11.0. The Hall–Kier alpha value is -3.95. The van der Waals surface area contributed by atoms with Crippen LogP contribution in [0.15, 0.2) is 36.7 Å². The number of anilines is 1. The highest BCUT2D eigenvalue weighted by atomic mass is 19.4. The lowest BCUT2D eigenvalue weighted by atomic mass is 9.92. The van der Waals surface area contributed by atoms with Gasteiger partial charge in [-0.1, -0.05) is 12.1 Å². The number of carboxylic acid groups (broad SMARTS) is 2. The minimum Gasteiger partial charge on any atom is -0.475 e. The monoisotopic (exact) mass is 649 g/mol. The van der Waals surface area contributed by atoms with Gasteiger partial charge in [-0.15, -0.1) is 0 Å². The van der Waals surface area contributed by atoms with Gasteiger partial charge in [-0.25, -0.2) is 23.9 Å². The summed E-state index contributed by atoms with van der Waals surface area (Å²) in [5.41, 5.74) is 4.67. The van der Waals surface area contributed by atoms with E-state index in [-0.39, 0.29) is 5.82 Å². The zero-order chi connectivity index (χ0) is 33.5. The van der Waals surface area contributed by atoms with Crippen LogP contribution >= 0.6 is 0 Å². The Morgan fingerprint density at radius 3 is 1.89 bits per heavy atom. The Morgan fingerprint density at radius 2 is 1.42 bits per heavy atom. The smallest absolute Gasteiger partial charge is 0.475 e. The Kier molecular flexibility index (Phi) is 11.8. The van der Waals surface area contributed by atoms with E-state index in [0.29, 0.717) is 12.0 Å². The van der Waals surface area contributed by atoms with E-state index in [1.54, 1.807) is 12.1 Å². The standard InChI is InChI=1S/C25H32FN5.2C2HF3O2/c1-18(2)31-17-27-24-23(31)15-22(28-25(24)30-11-3-4-12-30)20-9-13-29(14-10-20)16-19-5-7-21(26)8-6-19;2*3-2(4,5)1(6)7/h5-8,15,17-18,20H,3-4,9-14,16H2,1-2H3;2*(H,6,7). The van der Waals surface area contributed by atoms with Gasteiger partial charge >= 0.3 is 24.3 Å². The van der Waals surface area contributed by atoms with Crippen LogP contribution in [0.3, 0.4) is 0 Å². The Morgan fingerprint density at radius 1 is 0.911 bits per heavy atom. The molecule has 0 saturated carbocycles. The first-order valence-corrected chi connectivity index (χ1v) is 14.2. The van der Waals surface area contributed by atoms with Crippen molar-refractivity contribution in [3.8, 4) is 0 Å². The summed E-state index contributed by atoms with van der Waals surface area (Å²) < 4.78 is 78.9. The van der Waals surface area contributed by atoms with E-state index < -0.39 is 24.3 Å². The fraction of sp³-hybridized carbons (Fsp3) is 0.517. The third-order valence-corrected chi connectivity index (χ3v) is 7.34. The predicted molar refractivity (Wildman–Crippen MR) is 150 cm³/mol. The molecule has 0 radical (unpaired) electrons. The number of imidazole rings is 1. The van der Waals surface area contributed by atoms with Gasteiger partial charge in [0.2, 0.25) is 0 Å². The molecule has 9 nitrogen and oxygen atoms in total. The lowest BCUT2D eigenvalue weighted by molar-refractivity contribution is -0.193. The summed E-state index contributed by atoms with van der Waals surface area (Å²) in [4.78, 5) is 32.6. The van der Waals surface area contributed by atoms with Crippen LogP contribution in [0.4, 0.5) is 36.6 Å². The third kappa shape index (κ3) is 10.0. The second-order valence-electron chi connectivity index (χ2n) is 11.0. The van der Waals surface area contributed by atoms with Crippen molar-refractivity contribution in [2.75, 3.05) is 31.1 Å². The number of halogens is 7. The average molecular weight is 650 g/mol. The lowest BCUT2D eigenvalue weighted by Crippen LogP contribution is -2.33. The van der Waals surface area contributed by atoms with E-state index in [1.165, 1.54) is 29.6 Å². The number of fused-ring (bicyclic) bond motifs is 1. The van der Waals surface area contributed by atoms with Crippen LogP contribution in [0.2, 0.25) is 0 Å². The van der Waals surface area contributed by atoms with Crippen LogP contribution in [0, 0.1) is 5.82 Å². The fourth-order valence-electron chi connectivity index (χ4n) is 5.04. The van der Waals surface area contributed by atoms with Crippen molar-refractivity contribution in [1.82, 2.24) is 19.4 Å². The number of hydrogen-bond acceptors (Lipinski definition) is 6. The van der Waals surface area contributed by atoms with Crippen molar-refractivity contribution in [3.63, 3.8) is 0 Å². The highest BCUT2D eigenvalue weighted by Crippen LogP contribution is 2.34. The quantitative estimate of drug-likeness (QED) is 0.306. The highest BCUT2D eigenvalue weighted by Gasteiger charge is 2.39. The number of hydrogen-bond donors (Lipinski definition) is 2. The number of nitrogens with zero attached hydrogens (tertiary/aromatic N) is 5. The molecule has 5 rings (SSSR count). The van der Waals surface area contributed by atoms with Gasteiger partial charge in [0.05, 0.1) is 11.8 Å². The Balaban J connectivity index is 0.000000331. The van der Waals surface area contributed by atoms with E-state index in [1.807, 2.05) is 18.5 Å². The molecular formula is C29H34F7N5O4. The van der Waals surface area contributed by atoms with Gasteiger partial charge in [-0.3, -0.25) is 4.90 Å². The number of carbonyl (C=O) groups is 2. The van der Waals surface area contributed by atoms with Crippen molar-refractivity contribution < 1.29 is 50.5 Å². The van der Waals surface area contributed by atoms with Gasteiger partial charge in [0, 0.05) is 37.3 Å². The van der Waals surface area contributed by atoms with Gasteiger partial charge in [-0.05, 0) is 76.4 Å². The molecule has 2 N–H and O–H groups in total. The molecule has 3 aromatic rings. The molecule has 2 aliphatic heterocycles. The normalized spacial score (nSPS) is 16.3. The molecule has 0 atom stereocenters. The molecule has 0 spiro atoms. The number of rotatable bonds is 5. The van der Waals surface area contributed by atoms with Crippen LogP contribution in [0.1, 0.15) is 62.7 Å². The number of piperidine rings is 1. The summed E-state index contributed by atoms with van der Waals surface area (Å²) >= 11 is 0. The molecule has 16 heteroatoms. The number of pyridine rings is 1. The molecule has 2 fully saturated rings. The van der Waals surface area contributed by atoms with Crippen LogP contribution in [-0.2, 0) is 16.1 Å². The predicted octanol–water partition coefficient (Wildman–Crippen LogP) is 6.40. The molecular weight excluding hydrogens is 615 g/mol. The molecule has 2 aliphatic rings. The molecule has 0 bridgehead atoms. The summed E-state index contributed by atoms with van der Waals surface area (Å²) in [6.07, 6.45) is -3.50. The third-order valence-electron chi connectivity index (χ3n) is 7.34. The summed E-state index contributed by atoms with van der Waals surface area (Å²) in [5, 5.41) is 14.2. The molecule has 2 saturated heterocycles. The van der Waals surface area contributed by atoms with Crippen LogP contribution < -0.4 is 4.90 Å². The van der Waals surface area contributed by atoms with Crippen molar-refractivity contribution in [1.29, 1.82) is 0 Å². The number of aromatic nitrogens is 3. The minimum atomic E-state index is -5.08. The summed E-state index contributed by atoms with van der Waals surface area (Å²) in [7, 11) is 0. The van der Waals surface area contributed by atoms with Gasteiger partial charge in [0.25, 0.3) is 0 Å². The molecule has 4 heterocycles. The largest absolute Gasteiger partial charge is 0.490 e. The molecule has 0 unspecified atom stereocenters. The van der Waals surface area contributed by atoms with Crippen LogP contribution in [0.25, 0.3) is 11.0 Å². The SMILES string of the molecule is CC(C)n1cnc2c(N3CCCC3)nc(C3CCN(Cc4ccc(F)cc4)CC3)cc21.O=C(O)C(F)(F)F.O=C(O)C(F)(F)F. The minimum absolute atomic E-state index is 0.168. The lowest BCUT2D eigenvalue weighted by Gasteiger charge is -2.32. The molecule has 2 aromatic heterocycles. The first kappa shape index (κ1) is 35.5. The molecule has 0 aliphatic carbocycles. The maximum absolute atomic E-state index is 13.2. The van der Waals surface area contributed by atoms with E-state index in [9.17, 15) is 30.7 Å². The van der Waals surface area contributed by atoms with Gasteiger partial charge in [-0.2, -0.15) is 26.3 Å². The van der Waals surface area contributed by atoms with Gasteiger partial charge in [0.1, 0.15) is 11.3 Å². The zero-order valence-corrected chi connectivity index (χ0v) is 24.6. The topological polar surface area (TPSA) is 112 Å². The van der Waals surface area contributed by atoms with E-state index in [4.69, 9.17) is 29.8 Å². The number of likely N-dealkylation sites (tertiary alicyclic amines) is 1. The van der Waals surface area contributed by atoms with E-state index >= 15 is 0 Å². The molecule has 1 aromatic carbocycles. The van der Waals surface area contributed by atoms with Crippen LogP contribution in [0.5, 0.6) is 0 Å². The van der Waals surface area contributed by atoms with Crippen molar-refractivity contribution in [2.45, 2.75) is 70.4 Å². The maximum Gasteiger partial charge on any atom is 0.490 e. The van der Waals surface area contributed by atoms with E-state index in [0.717, 1.165) is 56.9 Å². The summed E-state index contributed by atoms with van der Waals surface area (Å²) in [6, 6.07) is 9.57. The second kappa shape index (κ2) is 14.9. The average Bonchev–Trinajstić information content (AvgIpc) is 3.65. The fourth-order valence-corrected chi connectivity index (χ4v) is 5.04. The first-order valence-electron chi connectivity index (χ1n) is 14.2. The highest BCUT2D eigenvalue weighted by molar-refractivity contribution is 5.87. The first-order chi connectivity index (χ1) is 21.0. The molecule has 45 heavy (non-hydrogen) atoms. The van der Waals surface area contributed by atoms with Crippen LogP contribution in [-0.4, -0.2) is 80.1 Å². The van der Waals surface area contributed by atoms with Crippen molar-refractivity contribution in [2.24, 2.45) is 0 Å². The number of alkyl halides is 6. The maximum atomic E-state index is 13.2. The van der Waals surface area contributed by atoms with Crippen molar-refractivity contribution >= 4 is 28.8 Å². The van der Waals surface area contributed by atoms with E-state index in [2.05, 4.69) is 34.3 Å². The summed E-state index contributed by atoms with van der Waals surface area (Å²) in [5.74, 6) is -4.12. The number of carboxylic acids is 2. The number of benzene rings is 1. The number of aliphatic carboxylic acids is 2. The summed E-state index contributed by atoms with van der Waals surface area (Å²) in [6.45, 7) is 9.56. The zero-order valence-electron chi connectivity index (χ0n) is 24.6.